The van der Waals surface area contributed by atoms with Crippen LogP contribution in [0.2, 0.25) is 5.02 Å². The smallest absolute Gasteiger partial charge is 0.212 e. The molecule has 0 heterocycles. The Bertz CT molecular complexity index is 671. The summed E-state index contributed by atoms with van der Waals surface area (Å²) in [7, 11) is -3.44. The molecular formula is C15H16ClNO2S. The Morgan fingerprint density at radius 2 is 1.65 bits per heavy atom. The highest BCUT2D eigenvalue weighted by Crippen LogP contribution is 2.19. The van der Waals surface area contributed by atoms with Crippen LogP contribution in [0.25, 0.3) is 0 Å². The third-order valence-electron chi connectivity index (χ3n) is 2.96. The fourth-order valence-electron chi connectivity index (χ4n) is 1.94. The van der Waals surface area contributed by atoms with Crippen LogP contribution in [0.15, 0.2) is 54.6 Å². The van der Waals surface area contributed by atoms with E-state index in [9.17, 15) is 8.42 Å². The van der Waals surface area contributed by atoms with Crippen molar-refractivity contribution in [1.82, 2.24) is 4.72 Å². The molecule has 0 radical (unpaired) electrons. The van der Waals surface area contributed by atoms with Crippen molar-refractivity contribution < 1.29 is 8.42 Å². The monoisotopic (exact) mass is 309 g/mol. The fraction of sp³-hybridized carbons (Fsp3) is 0.200. The molecule has 0 amide bonds. The quantitative estimate of drug-likeness (QED) is 0.918. The minimum absolute atomic E-state index is 0.121. The lowest BCUT2D eigenvalue weighted by atomic mass is 10.1. The van der Waals surface area contributed by atoms with Crippen LogP contribution in [0, 0.1) is 0 Å². The molecule has 0 spiro atoms. The number of rotatable bonds is 5. The molecule has 3 nitrogen and oxygen atoms in total. The molecule has 0 aliphatic carbocycles. The van der Waals surface area contributed by atoms with Crippen molar-refractivity contribution in [2.24, 2.45) is 0 Å². The Labute approximate surface area is 124 Å². The van der Waals surface area contributed by atoms with Crippen LogP contribution >= 0.6 is 11.6 Å². The van der Waals surface area contributed by atoms with E-state index in [1.54, 1.807) is 24.3 Å². The van der Waals surface area contributed by atoms with Gasteiger partial charge in [-0.05, 0) is 24.1 Å². The maximum absolute atomic E-state index is 12.2. The maximum Gasteiger partial charge on any atom is 0.216 e. The summed E-state index contributed by atoms with van der Waals surface area (Å²) in [5.41, 5.74) is 1.53. The molecule has 5 heteroatoms. The summed E-state index contributed by atoms with van der Waals surface area (Å²) < 4.78 is 27.0. The molecule has 20 heavy (non-hydrogen) atoms. The largest absolute Gasteiger partial charge is 0.216 e. The molecule has 1 N–H and O–H groups in total. The van der Waals surface area contributed by atoms with E-state index in [1.807, 2.05) is 37.3 Å². The van der Waals surface area contributed by atoms with Gasteiger partial charge in [-0.3, -0.25) is 0 Å². The van der Waals surface area contributed by atoms with Crippen LogP contribution in [0.4, 0.5) is 0 Å². The molecule has 0 fully saturated rings. The molecule has 0 aliphatic rings. The van der Waals surface area contributed by atoms with Crippen LogP contribution in [0.1, 0.15) is 24.1 Å². The second kappa shape index (κ2) is 6.39. The lowest BCUT2D eigenvalue weighted by Crippen LogP contribution is -2.28. The van der Waals surface area contributed by atoms with Gasteiger partial charge in [-0.2, -0.15) is 0 Å². The van der Waals surface area contributed by atoms with E-state index in [0.29, 0.717) is 10.6 Å². The molecule has 0 aromatic heterocycles. The summed E-state index contributed by atoms with van der Waals surface area (Å²) in [6.45, 7) is 1.82. The number of sulfonamides is 1. The topological polar surface area (TPSA) is 46.2 Å². The molecule has 106 valence electrons. The van der Waals surface area contributed by atoms with Gasteiger partial charge in [-0.1, -0.05) is 60.1 Å². The normalized spacial score (nSPS) is 13.1. The van der Waals surface area contributed by atoms with Gasteiger partial charge >= 0.3 is 0 Å². The highest BCUT2D eigenvalue weighted by Gasteiger charge is 2.17. The van der Waals surface area contributed by atoms with Crippen molar-refractivity contribution in [3.05, 3.63) is 70.7 Å². The van der Waals surface area contributed by atoms with Gasteiger partial charge in [0.2, 0.25) is 10.0 Å². The third kappa shape index (κ3) is 4.07. The third-order valence-corrected chi connectivity index (χ3v) is 4.73. The summed E-state index contributed by atoms with van der Waals surface area (Å²) in [4.78, 5) is 0. The van der Waals surface area contributed by atoms with E-state index in [0.717, 1.165) is 5.56 Å². The summed E-state index contributed by atoms with van der Waals surface area (Å²) in [5.74, 6) is -0.121. The molecule has 1 atom stereocenters. The van der Waals surface area contributed by atoms with Crippen molar-refractivity contribution >= 4 is 21.6 Å². The molecule has 0 aliphatic heterocycles. The first kappa shape index (κ1) is 15.0. The minimum Gasteiger partial charge on any atom is -0.212 e. The Morgan fingerprint density at radius 1 is 1.05 bits per heavy atom. The summed E-state index contributed by atoms with van der Waals surface area (Å²) in [6, 6.07) is 16.1. The van der Waals surface area contributed by atoms with Crippen molar-refractivity contribution in [1.29, 1.82) is 0 Å². The van der Waals surface area contributed by atoms with Crippen LogP contribution in [0.5, 0.6) is 0 Å². The van der Waals surface area contributed by atoms with E-state index in [-0.39, 0.29) is 11.8 Å². The van der Waals surface area contributed by atoms with Gasteiger partial charge in [-0.15, -0.1) is 0 Å². The fourth-order valence-corrected chi connectivity index (χ4v) is 3.64. The molecule has 0 saturated heterocycles. The average Bonchev–Trinajstić information content (AvgIpc) is 2.41. The van der Waals surface area contributed by atoms with Crippen LogP contribution in [-0.4, -0.2) is 8.42 Å². The van der Waals surface area contributed by atoms with Crippen LogP contribution < -0.4 is 4.72 Å². The van der Waals surface area contributed by atoms with Crippen LogP contribution in [0.3, 0.4) is 0 Å². The van der Waals surface area contributed by atoms with Gasteiger partial charge in [0.1, 0.15) is 0 Å². The Morgan fingerprint density at radius 3 is 2.30 bits per heavy atom. The highest BCUT2D eigenvalue weighted by molar-refractivity contribution is 7.88. The number of hydrogen-bond donors (Lipinski definition) is 1. The first-order chi connectivity index (χ1) is 9.48. The molecule has 2 aromatic rings. The highest BCUT2D eigenvalue weighted by atomic mass is 35.5. The Kier molecular flexibility index (Phi) is 4.81. The van der Waals surface area contributed by atoms with Crippen molar-refractivity contribution in [2.75, 3.05) is 0 Å². The van der Waals surface area contributed by atoms with E-state index in [4.69, 9.17) is 11.6 Å². The van der Waals surface area contributed by atoms with E-state index in [1.165, 1.54) is 0 Å². The lowest BCUT2D eigenvalue weighted by Gasteiger charge is -2.15. The van der Waals surface area contributed by atoms with Gasteiger partial charge in [0.15, 0.2) is 0 Å². The van der Waals surface area contributed by atoms with Crippen molar-refractivity contribution in [3.8, 4) is 0 Å². The number of halogens is 1. The Balaban J connectivity index is 2.10. The number of hydrogen-bond acceptors (Lipinski definition) is 2. The van der Waals surface area contributed by atoms with E-state index < -0.39 is 10.0 Å². The van der Waals surface area contributed by atoms with Gasteiger partial charge < -0.3 is 0 Å². The van der Waals surface area contributed by atoms with E-state index in [2.05, 4.69) is 4.72 Å². The predicted molar refractivity (Wildman–Crippen MR) is 82.1 cm³/mol. The van der Waals surface area contributed by atoms with Gasteiger partial charge in [0.05, 0.1) is 5.75 Å². The molecule has 2 rings (SSSR count). The average molecular weight is 310 g/mol. The number of benzene rings is 2. The van der Waals surface area contributed by atoms with E-state index >= 15 is 0 Å². The first-order valence-electron chi connectivity index (χ1n) is 6.26. The van der Waals surface area contributed by atoms with Crippen molar-refractivity contribution in [2.45, 2.75) is 18.7 Å². The molecule has 1 unspecified atom stereocenters. The van der Waals surface area contributed by atoms with Gasteiger partial charge in [0.25, 0.3) is 0 Å². The molecule has 0 bridgehead atoms. The van der Waals surface area contributed by atoms with Gasteiger partial charge in [0, 0.05) is 11.1 Å². The number of nitrogens with one attached hydrogen (secondary N) is 1. The zero-order valence-corrected chi connectivity index (χ0v) is 12.7. The SMILES string of the molecule is CC(NS(=O)(=O)Cc1ccccc1Cl)c1ccccc1. The minimum atomic E-state index is -3.44. The second-order valence-corrected chi connectivity index (χ2v) is 6.76. The lowest BCUT2D eigenvalue weighted by molar-refractivity contribution is 0.566. The standard InChI is InChI=1S/C15H16ClNO2S/c1-12(13-7-3-2-4-8-13)17-20(18,19)11-14-9-5-6-10-15(14)16/h2-10,12,17H,11H2,1H3. The first-order valence-corrected chi connectivity index (χ1v) is 8.29. The summed E-state index contributed by atoms with van der Waals surface area (Å²) >= 11 is 5.99. The summed E-state index contributed by atoms with van der Waals surface area (Å²) in [5, 5.41) is 0.463. The molecule has 0 saturated carbocycles. The Hall–Kier alpha value is -1.36. The predicted octanol–water partition coefficient (Wildman–Crippen LogP) is 3.52. The zero-order valence-electron chi connectivity index (χ0n) is 11.1. The molecule has 2 aromatic carbocycles. The zero-order chi connectivity index (χ0) is 14.6. The summed E-state index contributed by atoms with van der Waals surface area (Å²) in [6.07, 6.45) is 0. The maximum atomic E-state index is 12.2. The molecular weight excluding hydrogens is 294 g/mol. The van der Waals surface area contributed by atoms with Gasteiger partial charge in [-0.25, -0.2) is 13.1 Å². The second-order valence-electron chi connectivity index (χ2n) is 4.60. The van der Waals surface area contributed by atoms with Crippen LogP contribution in [-0.2, 0) is 15.8 Å². The van der Waals surface area contributed by atoms with Crippen molar-refractivity contribution in [3.63, 3.8) is 0 Å².